The number of rotatable bonds is 3. The highest BCUT2D eigenvalue weighted by atomic mass is 16.4. The molecule has 2 aromatic rings. The standard InChI is InChI=1S/C14H14N2O3/c1-15-7-8-16(13(15)19)11-4-2-3-10(9-11)14(5-6-14)12(17)18/h2-4,7-9H,5-6H2,1H3,(H,17,18). The van der Waals surface area contributed by atoms with E-state index in [1.807, 2.05) is 12.1 Å². The summed E-state index contributed by atoms with van der Waals surface area (Å²) in [6.45, 7) is 0. The monoisotopic (exact) mass is 258 g/mol. The van der Waals surface area contributed by atoms with Crippen LogP contribution in [0.3, 0.4) is 0 Å². The van der Waals surface area contributed by atoms with Crippen molar-refractivity contribution >= 4 is 5.97 Å². The van der Waals surface area contributed by atoms with Gasteiger partial charge in [0.1, 0.15) is 0 Å². The van der Waals surface area contributed by atoms with Gasteiger partial charge in [-0.25, -0.2) is 4.79 Å². The lowest BCUT2D eigenvalue weighted by Crippen LogP contribution is -2.22. The molecule has 0 aliphatic heterocycles. The van der Waals surface area contributed by atoms with Crippen LogP contribution in [0.2, 0.25) is 0 Å². The smallest absolute Gasteiger partial charge is 0.332 e. The van der Waals surface area contributed by atoms with E-state index in [1.54, 1.807) is 31.6 Å². The molecule has 5 heteroatoms. The third-order valence-electron chi connectivity index (χ3n) is 3.78. The summed E-state index contributed by atoms with van der Waals surface area (Å²) in [5.74, 6) is -0.787. The summed E-state index contributed by atoms with van der Waals surface area (Å²) in [6, 6.07) is 7.22. The quantitative estimate of drug-likeness (QED) is 0.902. The molecule has 1 N–H and O–H groups in total. The molecule has 1 saturated carbocycles. The first-order valence-corrected chi connectivity index (χ1v) is 6.13. The molecule has 5 nitrogen and oxygen atoms in total. The maximum Gasteiger partial charge on any atom is 0.332 e. The van der Waals surface area contributed by atoms with E-state index < -0.39 is 11.4 Å². The van der Waals surface area contributed by atoms with E-state index in [0.717, 1.165) is 5.56 Å². The van der Waals surface area contributed by atoms with E-state index in [2.05, 4.69) is 0 Å². The highest BCUT2D eigenvalue weighted by Crippen LogP contribution is 2.48. The molecule has 0 unspecified atom stereocenters. The Balaban J connectivity index is 2.09. The van der Waals surface area contributed by atoms with E-state index in [4.69, 9.17) is 0 Å². The molecule has 1 aliphatic carbocycles. The molecule has 0 bridgehead atoms. The number of imidazole rings is 1. The fourth-order valence-electron chi connectivity index (χ4n) is 2.37. The van der Waals surface area contributed by atoms with Crippen LogP contribution in [0.5, 0.6) is 0 Å². The van der Waals surface area contributed by atoms with E-state index in [0.29, 0.717) is 18.5 Å². The highest BCUT2D eigenvalue weighted by molar-refractivity contribution is 5.85. The zero-order valence-electron chi connectivity index (χ0n) is 10.5. The van der Waals surface area contributed by atoms with E-state index in [1.165, 1.54) is 9.13 Å². The fourth-order valence-corrected chi connectivity index (χ4v) is 2.37. The van der Waals surface area contributed by atoms with E-state index in [-0.39, 0.29) is 5.69 Å². The Morgan fingerprint density at radius 3 is 2.58 bits per heavy atom. The number of aryl methyl sites for hydroxylation is 1. The Hall–Kier alpha value is -2.30. The van der Waals surface area contributed by atoms with Gasteiger partial charge in [0.15, 0.2) is 0 Å². The number of nitrogens with zero attached hydrogens (tertiary/aromatic N) is 2. The molecule has 1 aliphatic rings. The van der Waals surface area contributed by atoms with Gasteiger partial charge in [-0.05, 0) is 30.5 Å². The first-order valence-electron chi connectivity index (χ1n) is 6.13. The predicted molar refractivity (Wildman–Crippen MR) is 69.6 cm³/mol. The number of aromatic nitrogens is 2. The third kappa shape index (κ3) is 1.69. The molecule has 0 radical (unpaired) electrons. The largest absolute Gasteiger partial charge is 0.481 e. The molecule has 19 heavy (non-hydrogen) atoms. The van der Waals surface area contributed by atoms with Gasteiger partial charge in [0.05, 0.1) is 11.1 Å². The van der Waals surface area contributed by atoms with Gasteiger partial charge in [-0.2, -0.15) is 0 Å². The molecule has 1 heterocycles. The fraction of sp³-hybridized carbons (Fsp3) is 0.286. The minimum absolute atomic E-state index is 0.141. The lowest BCUT2D eigenvalue weighted by Gasteiger charge is -2.11. The Labute approximate surface area is 109 Å². The summed E-state index contributed by atoms with van der Waals surface area (Å²) in [7, 11) is 1.68. The van der Waals surface area contributed by atoms with Gasteiger partial charge in [0, 0.05) is 19.4 Å². The predicted octanol–water partition coefficient (Wildman–Crippen LogP) is 1.29. The molecule has 0 saturated heterocycles. The summed E-state index contributed by atoms with van der Waals surface area (Å²) < 4.78 is 3.00. The van der Waals surface area contributed by atoms with Crippen molar-refractivity contribution in [2.45, 2.75) is 18.3 Å². The van der Waals surface area contributed by atoms with Crippen molar-refractivity contribution in [1.82, 2.24) is 9.13 Å². The molecule has 1 aromatic heterocycles. The molecule has 1 fully saturated rings. The van der Waals surface area contributed by atoms with Gasteiger partial charge in [-0.1, -0.05) is 12.1 Å². The van der Waals surface area contributed by atoms with Gasteiger partial charge < -0.3 is 9.67 Å². The number of aliphatic carboxylic acids is 1. The van der Waals surface area contributed by atoms with Crippen LogP contribution in [0.1, 0.15) is 18.4 Å². The summed E-state index contributed by atoms with van der Waals surface area (Å²) in [6.07, 6.45) is 4.69. The molecule has 0 amide bonds. The van der Waals surface area contributed by atoms with Crippen LogP contribution in [0.4, 0.5) is 0 Å². The Bertz CT molecular complexity index is 707. The van der Waals surface area contributed by atoms with E-state index >= 15 is 0 Å². The summed E-state index contributed by atoms with van der Waals surface area (Å²) in [5.41, 5.74) is 0.593. The second-order valence-electron chi connectivity index (χ2n) is 5.00. The van der Waals surface area contributed by atoms with Crippen LogP contribution in [-0.4, -0.2) is 20.2 Å². The topological polar surface area (TPSA) is 64.2 Å². The SMILES string of the molecule is Cn1ccn(-c2cccc(C3(C(=O)O)CC3)c2)c1=O. The van der Waals surface area contributed by atoms with Crippen LogP contribution in [0, 0.1) is 0 Å². The summed E-state index contributed by atoms with van der Waals surface area (Å²) in [5, 5.41) is 9.30. The maximum absolute atomic E-state index is 11.9. The first-order chi connectivity index (χ1) is 9.04. The van der Waals surface area contributed by atoms with Crippen molar-refractivity contribution in [3.05, 3.63) is 52.7 Å². The van der Waals surface area contributed by atoms with Crippen LogP contribution in [0.25, 0.3) is 5.69 Å². The maximum atomic E-state index is 11.9. The van der Waals surface area contributed by atoms with Crippen LogP contribution < -0.4 is 5.69 Å². The van der Waals surface area contributed by atoms with Gasteiger partial charge in [-0.15, -0.1) is 0 Å². The zero-order valence-corrected chi connectivity index (χ0v) is 10.5. The van der Waals surface area contributed by atoms with Crippen molar-refractivity contribution in [2.24, 2.45) is 7.05 Å². The Kier molecular flexibility index (Phi) is 2.38. The van der Waals surface area contributed by atoms with Crippen LogP contribution in [0.15, 0.2) is 41.5 Å². The first kappa shape index (κ1) is 11.8. The van der Waals surface area contributed by atoms with Crippen molar-refractivity contribution in [3.8, 4) is 5.69 Å². The number of hydrogen-bond donors (Lipinski definition) is 1. The number of carboxylic acids is 1. The van der Waals surface area contributed by atoms with Gasteiger partial charge in [0.2, 0.25) is 0 Å². The van der Waals surface area contributed by atoms with Crippen molar-refractivity contribution in [3.63, 3.8) is 0 Å². The second-order valence-corrected chi connectivity index (χ2v) is 5.00. The minimum Gasteiger partial charge on any atom is -0.481 e. The molecular formula is C14H14N2O3. The molecule has 3 rings (SSSR count). The number of carboxylic acid groups (broad SMARTS) is 1. The third-order valence-corrected chi connectivity index (χ3v) is 3.78. The van der Waals surface area contributed by atoms with Crippen molar-refractivity contribution in [1.29, 1.82) is 0 Å². The Morgan fingerprint density at radius 2 is 2.05 bits per heavy atom. The van der Waals surface area contributed by atoms with E-state index in [9.17, 15) is 14.7 Å². The van der Waals surface area contributed by atoms with Gasteiger partial charge in [0.25, 0.3) is 0 Å². The number of hydrogen-bond acceptors (Lipinski definition) is 2. The lowest BCUT2D eigenvalue weighted by molar-refractivity contribution is -0.140. The molecule has 98 valence electrons. The van der Waals surface area contributed by atoms with Crippen LogP contribution in [-0.2, 0) is 17.3 Å². The van der Waals surface area contributed by atoms with Gasteiger partial charge in [-0.3, -0.25) is 9.36 Å². The number of carbonyl (C=O) groups is 1. The molecule has 0 atom stereocenters. The number of benzene rings is 1. The van der Waals surface area contributed by atoms with Crippen molar-refractivity contribution in [2.75, 3.05) is 0 Å². The summed E-state index contributed by atoms with van der Waals surface area (Å²) in [4.78, 5) is 23.2. The van der Waals surface area contributed by atoms with Gasteiger partial charge >= 0.3 is 11.7 Å². The van der Waals surface area contributed by atoms with Crippen LogP contribution >= 0.6 is 0 Å². The second kappa shape index (κ2) is 3.85. The minimum atomic E-state index is -0.787. The molecule has 1 aromatic carbocycles. The average Bonchev–Trinajstić information content (AvgIpc) is 3.14. The van der Waals surface area contributed by atoms with Crippen molar-refractivity contribution < 1.29 is 9.90 Å². The normalized spacial score (nSPS) is 16.3. The average molecular weight is 258 g/mol. The lowest BCUT2D eigenvalue weighted by atomic mass is 9.96. The molecular weight excluding hydrogens is 244 g/mol. The zero-order chi connectivity index (χ0) is 13.6. The highest BCUT2D eigenvalue weighted by Gasteiger charge is 2.51. The molecule has 0 spiro atoms. The summed E-state index contributed by atoms with van der Waals surface area (Å²) >= 11 is 0. The Morgan fingerprint density at radius 1 is 1.32 bits per heavy atom.